The second-order valence-corrected chi connectivity index (χ2v) is 4.36. The van der Waals surface area contributed by atoms with Crippen molar-refractivity contribution in [1.29, 1.82) is 0 Å². The average Bonchev–Trinajstić information content (AvgIpc) is 2.74. The van der Waals surface area contributed by atoms with Crippen LogP contribution in [0.5, 0.6) is 0 Å². The Bertz CT molecular complexity index is 419. The zero-order valence-corrected chi connectivity index (χ0v) is 8.80. The fraction of sp³-hybridized carbons (Fsp3) is 0.300. The van der Waals surface area contributed by atoms with Crippen LogP contribution in [0.25, 0.3) is 10.6 Å². The maximum atomic E-state index is 5.54. The highest BCUT2D eigenvalue weighted by Gasteiger charge is 2.07. The molecule has 3 nitrogen and oxygen atoms in total. The van der Waals surface area contributed by atoms with Crippen LogP contribution < -0.4 is 5.73 Å². The molecular weight excluding hydrogens is 196 g/mol. The number of aryl methyl sites for hydroxylation is 1. The first-order valence-electron chi connectivity index (χ1n) is 4.51. The minimum absolute atomic E-state index is 0.573. The summed E-state index contributed by atoms with van der Waals surface area (Å²) >= 11 is 1.71. The van der Waals surface area contributed by atoms with Gasteiger partial charge in [0.05, 0.1) is 11.1 Å². The molecule has 0 unspecified atom stereocenters. The number of aromatic nitrogens is 1. The van der Waals surface area contributed by atoms with Gasteiger partial charge in [-0.2, -0.15) is 0 Å². The molecule has 0 radical (unpaired) electrons. The number of hydrogen-bond acceptors (Lipinski definition) is 4. The third-order valence-electron chi connectivity index (χ3n) is 1.89. The van der Waals surface area contributed by atoms with E-state index >= 15 is 0 Å². The number of thiophene rings is 1. The summed E-state index contributed by atoms with van der Waals surface area (Å²) in [4.78, 5) is 6.55. The van der Waals surface area contributed by atoms with Crippen LogP contribution in [0.2, 0.25) is 0 Å². The Morgan fingerprint density at radius 2 is 2.36 bits per heavy atom. The zero-order chi connectivity index (χ0) is 9.97. The largest absolute Gasteiger partial charge is 0.440 e. The molecule has 14 heavy (non-hydrogen) atoms. The summed E-state index contributed by atoms with van der Waals surface area (Å²) in [6.45, 7) is 2.65. The van der Waals surface area contributed by atoms with Crippen molar-refractivity contribution >= 4 is 11.3 Å². The summed E-state index contributed by atoms with van der Waals surface area (Å²) in [7, 11) is 0. The molecule has 2 N–H and O–H groups in total. The summed E-state index contributed by atoms with van der Waals surface area (Å²) in [6.07, 6.45) is 2.46. The summed E-state index contributed by atoms with van der Waals surface area (Å²) in [5.41, 5.74) is 5.42. The Morgan fingerprint density at radius 1 is 1.50 bits per heavy atom. The minimum atomic E-state index is 0.573. The van der Waals surface area contributed by atoms with Crippen LogP contribution in [0.15, 0.2) is 22.7 Å². The van der Waals surface area contributed by atoms with Crippen molar-refractivity contribution in [2.75, 3.05) is 6.54 Å². The maximum absolute atomic E-state index is 5.54. The molecule has 74 valence electrons. The molecule has 0 aromatic carbocycles. The molecule has 2 aromatic rings. The molecule has 0 saturated carbocycles. The Balaban J connectivity index is 2.24. The van der Waals surface area contributed by atoms with E-state index < -0.39 is 0 Å². The highest BCUT2D eigenvalue weighted by molar-refractivity contribution is 7.15. The minimum Gasteiger partial charge on any atom is -0.440 e. The lowest BCUT2D eigenvalue weighted by Gasteiger charge is -1.89. The van der Waals surface area contributed by atoms with Crippen molar-refractivity contribution in [3.8, 4) is 10.6 Å². The van der Waals surface area contributed by atoms with E-state index in [4.69, 9.17) is 10.2 Å². The van der Waals surface area contributed by atoms with Gasteiger partial charge in [0.1, 0.15) is 0 Å². The van der Waals surface area contributed by atoms with Crippen molar-refractivity contribution in [1.82, 2.24) is 4.98 Å². The van der Waals surface area contributed by atoms with Crippen molar-refractivity contribution in [2.45, 2.75) is 13.3 Å². The highest BCUT2D eigenvalue weighted by Crippen LogP contribution is 2.27. The molecule has 0 aliphatic rings. The number of hydrogen-bond donors (Lipinski definition) is 1. The number of rotatable bonds is 3. The number of nitrogens with zero attached hydrogens (tertiary/aromatic N) is 1. The van der Waals surface area contributed by atoms with Gasteiger partial charge in [-0.15, -0.1) is 11.3 Å². The zero-order valence-electron chi connectivity index (χ0n) is 7.99. The Morgan fingerprint density at radius 3 is 3.00 bits per heavy atom. The van der Waals surface area contributed by atoms with Crippen LogP contribution in [0, 0.1) is 6.92 Å². The first kappa shape index (κ1) is 9.43. The van der Waals surface area contributed by atoms with Crippen LogP contribution in [-0.2, 0) is 6.42 Å². The molecule has 0 bridgehead atoms. The van der Waals surface area contributed by atoms with E-state index in [9.17, 15) is 0 Å². The lowest BCUT2D eigenvalue weighted by molar-refractivity contribution is 0.509. The summed E-state index contributed by atoms with van der Waals surface area (Å²) in [6, 6.07) is 4.12. The third kappa shape index (κ3) is 1.86. The molecule has 0 fully saturated rings. The van der Waals surface area contributed by atoms with Crippen molar-refractivity contribution in [3.63, 3.8) is 0 Å². The van der Waals surface area contributed by atoms with E-state index in [0.29, 0.717) is 18.9 Å². The second-order valence-electron chi connectivity index (χ2n) is 3.07. The molecule has 2 heterocycles. The predicted octanol–water partition coefficient (Wildman–Crippen LogP) is 2.21. The van der Waals surface area contributed by atoms with Crippen LogP contribution in [0.3, 0.4) is 0 Å². The molecule has 4 heteroatoms. The first-order valence-corrected chi connectivity index (χ1v) is 5.33. The van der Waals surface area contributed by atoms with Crippen LogP contribution in [0.1, 0.15) is 10.8 Å². The van der Waals surface area contributed by atoms with E-state index in [2.05, 4.69) is 18.0 Å². The van der Waals surface area contributed by atoms with Gasteiger partial charge in [-0.05, 0) is 19.1 Å². The fourth-order valence-corrected chi connectivity index (χ4v) is 2.04. The molecular formula is C10H12N2OS. The van der Waals surface area contributed by atoms with Gasteiger partial charge in [-0.3, -0.25) is 0 Å². The normalized spacial score (nSPS) is 10.7. The third-order valence-corrected chi connectivity index (χ3v) is 2.91. The van der Waals surface area contributed by atoms with E-state index in [0.717, 1.165) is 10.6 Å². The van der Waals surface area contributed by atoms with Gasteiger partial charge in [0.25, 0.3) is 0 Å². The molecule has 0 spiro atoms. The Hall–Kier alpha value is -1.13. The van der Waals surface area contributed by atoms with Gasteiger partial charge in [0.15, 0.2) is 11.7 Å². The van der Waals surface area contributed by atoms with Crippen LogP contribution in [0.4, 0.5) is 0 Å². The molecule has 0 atom stereocenters. The first-order chi connectivity index (χ1) is 6.79. The lowest BCUT2D eigenvalue weighted by Crippen LogP contribution is -2.02. The van der Waals surface area contributed by atoms with E-state index in [-0.39, 0.29) is 0 Å². The average molecular weight is 208 g/mol. The molecule has 2 aromatic heterocycles. The molecule has 0 amide bonds. The fourth-order valence-electron chi connectivity index (χ4n) is 1.23. The number of nitrogens with two attached hydrogens (primary N) is 1. The summed E-state index contributed by atoms with van der Waals surface area (Å²) < 4.78 is 5.54. The van der Waals surface area contributed by atoms with E-state index in [1.807, 2.05) is 6.07 Å². The van der Waals surface area contributed by atoms with Gasteiger partial charge in [0, 0.05) is 17.8 Å². The van der Waals surface area contributed by atoms with Gasteiger partial charge < -0.3 is 10.2 Å². The van der Waals surface area contributed by atoms with Gasteiger partial charge in [-0.25, -0.2) is 4.98 Å². The van der Waals surface area contributed by atoms with E-state index in [1.165, 1.54) is 4.88 Å². The van der Waals surface area contributed by atoms with Crippen LogP contribution >= 0.6 is 11.3 Å². The second kappa shape index (κ2) is 3.94. The smallest absolute Gasteiger partial charge is 0.196 e. The van der Waals surface area contributed by atoms with Crippen molar-refractivity contribution in [2.24, 2.45) is 5.73 Å². The van der Waals surface area contributed by atoms with Crippen LogP contribution in [-0.4, -0.2) is 11.5 Å². The van der Waals surface area contributed by atoms with Gasteiger partial charge >= 0.3 is 0 Å². The molecule has 0 aliphatic heterocycles. The monoisotopic (exact) mass is 208 g/mol. The van der Waals surface area contributed by atoms with E-state index in [1.54, 1.807) is 17.5 Å². The molecule has 0 saturated heterocycles. The SMILES string of the molecule is Cc1ccc(-c2cnc(CCN)o2)s1. The highest BCUT2D eigenvalue weighted by atomic mass is 32.1. The summed E-state index contributed by atoms with van der Waals surface area (Å²) in [5, 5.41) is 0. The maximum Gasteiger partial charge on any atom is 0.196 e. The number of oxazole rings is 1. The molecule has 2 rings (SSSR count). The lowest BCUT2D eigenvalue weighted by atomic mass is 10.4. The van der Waals surface area contributed by atoms with Gasteiger partial charge in [0.2, 0.25) is 0 Å². The van der Waals surface area contributed by atoms with Gasteiger partial charge in [-0.1, -0.05) is 0 Å². The Kier molecular flexibility index (Phi) is 2.65. The quantitative estimate of drug-likeness (QED) is 0.841. The standard InChI is InChI=1S/C10H12N2OS/c1-7-2-3-9(14-7)8-6-12-10(13-8)4-5-11/h2-3,6H,4-5,11H2,1H3. The predicted molar refractivity (Wildman–Crippen MR) is 57.3 cm³/mol. The topological polar surface area (TPSA) is 52.0 Å². The summed E-state index contributed by atoms with van der Waals surface area (Å²) in [5.74, 6) is 1.56. The Labute approximate surface area is 86.6 Å². The van der Waals surface area contributed by atoms with Crippen molar-refractivity contribution in [3.05, 3.63) is 29.1 Å². The molecule has 0 aliphatic carbocycles. The van der Waals surface area contributed by atoms with Crippen molar-refractivity contribution < 1.29 is 4.42 Å².